The van der Waals surface area contributed by atoms with Gasteiger partial charge < -0.3 is 10.6 Å². The van der Waals surface area contributed by atoms with E-state index >= 15 is 0 Å². The third-order valence-electron chi connectivity index (χ3n) is 5.71. The Hall–Kier alpha value is -2.33. The molecule has 10 heteroatoms. The van der Waals surface area contributed by atoms with E-state index in [4.69, 9.17) is 5.41 Å². The van der Waals surface area contributed by atoms with Crippen LogP contribution in [-0.4, -0.2) is 39.4 Å². The molecule has 0 saturated carbocycles. The predicted molar refractivity (Wildman–Crippen MR) is 108 cm³/mol. The zero-order chi connectivity index (χ0) is 20.2. The molecule has 1 aliphatic heterocycles. The highest BCUT2D eigenvalue weighted by Crippen LogP contribution is 2.42. The van der Waals surface area contributed by atoms with Crippen molar-refractivity contribution in [3.8, 4) is 0 Å². The second-order valence-corrected chi connectivity index (χ2v) is 10.9. The molecule has 2 aliphatic rings. The van der Waals surface area contributed by atoms with Gasteiger partial charge in [0.1, 0.15) is 10.6 Å². The zero-order valence-corrected chi connectivity index (χ0v) is 17.2. The first-order chi connectivity index (χ1) is 13.1. The molecule has 28 heavy (non-hydrogen) atoms. The van der Waals surface area contributed by atoms with Gasteiger partial charge in [-0.05, 0) is 56.4 Å². The van der Waals surface area contributed by atoms with Crippen LogP contribution in [0.3, 0.4) is 0 Å². The molecule has 1 saturated heterocycles. The monoisotopic (exact) mass is 419 g/mol. The van der Waals surface area contributed by atoms with Crippen molar-refractivity contribution in [3.05, 3.63) is 41.2 Å². The minimum absolute atomic E-state index is 0.00888. The van der Waals surface area contributed by atoms with E-state index in [0.29, 0.717) is 12.1 Å². The van der Waals surface area contributed by atoms with Crippen LogP contribution in [0.4, 0.5) is 5.69 Å². The number of fused-ring (bicyclic) bond motifs is 2. The lowest BCUT2D eigenvalue weighted by Gasteiger charge is -2.47. The summed E-state index contributed by atoms with van der Waals surface area (Å²) >= 11 is 0.958. The van der Waals surface area contributed by atoms with E-state index in [0.717, 1.165) is 35.7 Å². The van der Waals surface area contributed by atoms with E-state index in [9.17, 15) is 13.2 Å². The number of hydrogen-bond acceptors (Lipinski definition) is 7. The molecule has 1 aromatic heterocycles. The highest BCUT2D eigenvalue weighted by Gasteiger charge is 2.53. The lowest BCUT2D eigenvalue weighted by molar-refractivity contribution is 0.102. The molecule has 1 spiro atoms. The molecular weight excluding hydrogens is 398 g/mol. The zero-order valence-electron chi connectivity index (χ0n) is 15.6. The van der Waals surface area contributed by atoms with Crippen molar-refractivity contribution in [1.82, 2.24) is 14.1 Å². The van der Waals surface area contributed by atoms with Gasteiger partial charge in [0, 0.05) is 5.69 Å². The van der Waals surface area contributed by atoms with Crippen LogP contribution < -0.4 is 10.6 Å². The summed E-state index contributed by atoms with van der Waals surface area (Å²) < 4.78 is 32.4. The Kier molecular flexibility index (Phi) is 4.31. The van der Waals surface area contributed by atoms with Crippen molar-refractivity contribution in [3.63, 3.8) is 0 Å². The summed E-state index contributed by atoms with van der Waals surface area (Å²) in [7, 11) is -3.52. The van der Waals surface area contributed by atoms with Crippen LogP contribution in [0, 0.1) is 5.41 Å². The standard InChI is InChI=1S/C18H21N5O3S2/c1-17(2)16(19)22-18(10-28(17,25)26)7-3-4-11-5-6-12(8-13(11)18)21-15(24)14-9-20-27-23-14/h5-6,8-9H,3-4,7,10H2,1-2H3,(H2,19,22)(H,21,24)/t18-/m0/s1. The Morgan fingerprint density at radius 2 is 2.14 bits per heavy atom. The maximum Gasteiger partial charge on any atom is 0.277 e. The van der Waals surface area contributed by atoms with Crippen LogP contribution in [0.25, 0.3) is 0 Å². The van der Waals surface area contributed by atoms with E-state index in [-0.39, 0.29) is 23.2 Å². The first kappa shape index (κ1) is 19.0. The largest absolute Gasteiger partial charge is 0.362 e. The second-order valence-electron chi connectivity index (χ2n) is 7.82. The highest BCUT2D eigenvalue weighted by molar-refractivity contribution is 7.93. The summed E-state index contributed by atoms with van der Waals surface area (Å²) in [5, 5.41) is 14.3. The number of rotatable bonds is 2. The van der Waals surface area contributed by atoms with Gasteiger partial charge in [-0.15, -0.1) is 0 Å². The molecular formula is C18H21N5O3S2. The summed E-state index contributed by atoms with van der Waals surface area (Å²) in [6.07, 6.45) is 3.68. The molecule has 4 rings (SSSR count). The van der Waals surface area contributed by atoms with Gasteiger partial charge in [-0.2, -0.15) is 8.75 Å². The maximum atomic E-state index is 13.0. The number of anilines is 1. The number of nitrogens with zero attached hydrogens (tertiary/aromatic N) is 2. The van der Waals surface area contributed by atoms with Gasteiger partial charge in [0.2, 0.25) is 0 Å². The number of aromatic nitrogens is 2. The Morgan fingerprint density at radius 3 is 2.82 bits per heavy atom. The molecule has 1 amide bonds. The summed E-state index contributed by atoms with van der Waals surface area (Å²) in [4.78, 5) is 12.3. The average Bonchev–Trinajstić information content (AvgIpc) is 3.15. The summed E-state index contributed by atoms with van der Waals surface area (Å²) in [5.74, 6) is -0.429. The quantitative estimate of drug-likeness (QED) is 0.685. The minimum atomic E-state index is -3.52. The normalized spacial score (nSPS) is 25.0. The van der Waals surface area contributed by atoms with Gasteiger partial charge in [-0.1, -0.05) is 6.07 Å². The number of benzene rings is 1. The van der Waals surface area contributed by atoms with Gasteiger partial charge in [0.15, 0.2) is 15.5 Å². The molecule has 0 unspecified atom stereocenters. The fraction of sp³-hybridized carbons (Fsp3) is 0.444. The van der Waals surface area contributed by atoms with Gasteiger partial charge >= 0.3 is 0 Å². The molecule has 0 radical (unpaired) electrons. The predicted octanol–water partition coefficient (Wildman–Crippen LogP) is 2.10. The lowest BCUT2D eigenvalue weighted by Crippen LogP contribution is -2.65. The van der Waals surface area contributed by atoms with E-state index in [1.54, 1.807) is 13.8 Å². The average molecular weight is 420 g/mol. The topological polar surface area (TPSA) is 125 Å². The maximum absolute atomic E-state index is 13.0. The van der Waals surface area contributed by atoms with Gasteiger partial charge in [0.05, 0.1) is 29.2 Å². The van der Waals surface area contributed by atoms with Crippen LogP contribution in [0.2, 0.25) is 0 Å². The Morgan fingerprint density at radius 1 is 1.36 bits per heavy atom. The Labute approximate surface area is 167 Å². The van der Waals surface area contributed by atoms with Crippen molar-refractivity contribution in [1.29, 1.82) is 5.41 Å². The number of hydrogen-bond donors (Lipinski definition) is 3. The molecule has 1 fully saturated rings. The molecule has 0 bridgehead atoms. The molecule has 1 aliphatic carbocycles. The molecule has 3 N–H and O–H groups in total. The number of carbonyl (C=O) groups excluding carboxylic acids is 1. The lowest BCUT2D eigenvalue weighted by atomic mass is 9.76. The fourth-order valence-corrected chi connectivity index (χ4v) is 6.01. The molecule has 8 nitrogen and oxygen atoms in total. The number of carbonyl (C=O) groups is 1. The van der Waals surface area contributed by atoms with Crippen LogP contribution in [0.15, 0.2) is 24.4 Å². The first-order valence-electron chi connectivity index (χ1n) is 8.96. The van der Waals surface area contributed by atoms with Crippen LogP contribution in [0.1, 0.15) is 48.3 Å². The number of sulfone groups is 1. The van der Waals surface area contributed by atoms with Crippen molar-refractivity contribution >= 4 is 39.0 Å². The number of nitrogens with one attached hydrogen (secondary N) is 3. The third kappa shape index (κ3) is 2.91. The van der Waals surface area contributed by atoms with Crippen molar-refractivity contribution < 1.29 is 13.2 Å². The van der Waals surface area contributed by atoms with E-state index < -0.39 is 20.1 Å². The number of amidine groups is 1. The number of aryl methyl sites for hydroxylation is 1. The molecule has 2 aromatic rings. The van der Waals surface area contributed by atoms with Gasteiger partial charge in [-0.25, -0.2) is 8.42 Å². The fourth-order valence-electron chi connectivity index (χ4n) is 3.86. The second kappa shape index (κ2) is 6.35. The molecule has 1 aromatic carbocycles. The summed E-state index contributed by atoms with van der Waals surface area (Å²) in [6.45, 7) is 3.12. The summed E-state index contributed by atoms with van der Waals surface area (Å²) in [5.41, 5.74) is 1.82. The van der Waals surface area contributed by atoms with E-state index in [1.165, 1.54) is 6.20 Å². The van der Waals surface area contributed by atoms with Crippen molar-refractivity contribution in [2.24, 2.45) is 0 Å². The van der Waals surface area contributed by atoms with Crippen LogP contribution >= 0.6 is 11.7 Å². The van der Waals surface area contributed by atoms with E-state index in [2.05, 4.69) is 19.4 Å². The van der Waals surface area contributed by atoms with Crippen LogP contribution in [0.5, 0.6) is 0 Å². The highest BCUT2D eigenvalue weighted by atomic mass is 32.2. The third-order valence-corrected chi connectivity index (χ3v) is 8.82. The SMILES string of the molecule is CC1(C)C(=N)N[C@@]2(CCCc3ccc(NC(=O)c4cnsn4)cc32)CS1(=O)=O. The van der Waals surface area contributed by atoms with E-state index in [1.807, 2.05) is 18.2 Å². The van der Waals surface area contributed by atoms with Crippen molar-refractivity contribution in [2.75, 3.05) is 11.1 Å². The molecule has 148 valence electrons. The van der Waals surface area contributed by atoms with Gasteiger partial charge in [0.25, 0.3) is 5.91 Å². The van der Waals surface area contributed by atoms with Gasteiger partial charge in [-0.3, -0.25) is 10.2 Å². The molecule has 1 atom stereocenters. The minimum Gasteiger partial charge on any atom is -0.362 e. The molecule has 2 heterocycles. The van der Waals surface area contributed by atoms with Crippen LogP contribution in [-0.2, 0) is 21.8 Å². The summed E-state index contributed by atoms with van der Waals surface area (Å²) in [6, 6.07) is 5.55. The Balaban J connectivity index is 1.73. The Bertz CT molecular complexity index is 1060. The smallest absolute Gasteiger partial charge is 0.277 e. The van der Waals surface area contributed by atoms with Crippen molar-refractivity contribution in [2.45, 2.75) is 43.4 Å². The number of amides is 1. The first-order valence-corrected chi connectivity index (χ1v) is 11.3.